The molecule has 0 N–H and O–H groups in total. The molecule has 0 aliphatic rings. The number of benzene rings is 1. The van der Waals surface area contributed by atoms with E-state index in [0.29, 0.717) is 6.54 Å². The van der Waals surface area contributed by atoms with Gasteiger partial charge in [-0.3, -0.25) is 0 Å². The molecule has 1 aromatic carbocycles. The minimum atomic E-state index is -3.63. The van der Waals surface area contributed by atoms with Crippen LogP contribution in [-0.4, -0.2) is 25.3 Å². The smallest absolute Gasteiger partial charge is 0.207 e. The summed E-state index contributed by atoms with van der Waals surface area (Å²) in [5.74, 6) is -0.573. The SMILES string of the molecule is CCCN(C(C)C)S(=O)(=O)c1ccc(Br)c(F)c1. The van der Waals surface area contributed by atoms with Gasteiger partial charge in [-0.25, -0.2) is 12.8 Å². The summed E-state index contributed by atoms with van der Waals surface area (Å²) in [6.45, 7) is 5.95. The normalized spacial score (nSPS) is 12.4. The number of rotatable bonds is 5. The Morgan fingerprint density at radius 3 is 2.44 bits per heavy atom. The highest BCUT2D eigenvalue weighted by molar-refractivity contribution is 9.10. The van der Waals surface area contributed by atoms with Gasteiger partial charge in [-0.2, -0.15) is 4.31 Å². The highest BCUT2D eigenvalue weighted by Gasteiger charge is 2.26. The van der Waals surface area contributed by atoms with E-state index in [1.54, 1.807) is 0 Å². The molecule has 1 rings (SSSR count). The quantitative estimate of drug-likeness (QED) is 0.825. The van der Waals surface area contributed by atoms with Crippen molar-refractivity contribution < 1.29 is 12.8 Å². The van der Waals surface area contributed by atoms with Crippen molar-refractivity contribution in [1.82, 2.24) is 4.31 Å². The lowest BCUT2D eigenvalue weighted by molar-refractivity contribution is 0.354. The summed E-state index contributed by atoms with van der Waals surface area (Å²) in [7, 11) is -3.63. The Morgan fingerprint density at radius 1 is 1.39 bits per heavy atom. The van der Waals surface area contributed by atoms with Crippen LogP contribution in [0.15, 0.2) is 27.6 Å². The van der Waals surface area contributed by atoms with E-state index >= 15 is 0 Å². The van der Waals surface area contributed by atoms with E-state index in [4.69, 9.17) is 0 Å². The van der Waals surface area contributed by atoms with Gasteiger partial charge in [-0.1, -0.05) is 6.92 Å². The average Bonchev–Trinajstić information content (AvgIpc) is 2.28. The number of halogens is 2. The first-order chi connectivity index (χ1) is 8.30. The Balaban J connectivity index is 3.22. The van der Waals surface area contributed by atoms with Crippen molar-refractivity contribution in [1.29, 1.82) is 0 Å². The minimum absolute atomic E-state index is 0.00894. The molecule has 18 heavy (non-hydrogen) atoms. The van der Waals surface area contributed by atoms with Crippen molar-refractivity contribution in [2.45, 2.75) is 38.1 Å². The molecule has 0 saturated carbocycles. The predicted molar refractivity (Wildman–Crippen MR) is 73.4 cm³/mol. The van der Waals surface area contributed by atoms with E-state index in [1.807, 2.05) is 20.8 Å². The van der Waals surface area contributed by atoms with Gasteiger partial charge in [0.2, 0.25) is 10.0 Å². The molecule has 6 heteroatoms. The van der Waals surface area contributed by atoms with Crippen molar-refractivity contribution in [3.8, 4) is 0 Å². The lowest BCUT2D eigenvalue weighted by Gasteiger charge is -2.25. The van der Waals surface area contributed by atoms with Crippen LogP contribution in [-0.2, 0) is 10.0 Å². The molecule has 0 fully saturated rings. The fraction of sp³-hybridized carbons (Fsp3) is 0.500. The summed E-state index contributed by atoms with van der Waals surface area (Å²) >= 11 is 3.01. The molecule has 0 heterocycles. The van der Waals surface area contributed by atoms with Gasteiger partial charge < -0.3 is 0 Å². The maximum absolute atomic E-state index is 13.4. The molecule has 0 amide bonds. The number of sulfonamides is 1. The number of hydrogen-bond acceptors (Lipinski definition) is 2. The lowest BCUT2D eigenvalue weighted by atomic mass is 10.3. The Labute approximate surface area is 116 Å². The van der Waals surface area contributed by atoms with Crippen LogP contribution >= 0.6 is 15.9 Å². The van der Waals surface area contributed by atoms with E-state index < -0.39 is 15.8 Å². The van der Waals surface area contributed by atoms with Crippen LogP contribution in [0.5, 0.6) is 0 Å². The molecule has 0 radical (unpaired) electrons. The highest BCUT2D eigenvalue weighted by atomic mass is 79.9. The zero-order chi connectivity index (χ0) is 13.9. The fourth-order valence-electron chi connectivity index (χ4n) is 1.65. The van der Waals surface area contributed by atoms with Crippen LogP contribution in [0.1, 0.15) is 27.2 Å². The standard InChI is InChI=1S/C12H17BrFNO2S/c1-4-7-15(9(2)3)18(16,17)10-5-6-11(13)12(14)8-10/h5-6,8-9H,4,7H2,1-3H3. The molecule has 0 aliphatic heterocycles. The Morgan fingerprint density at radius 2 is 2.00 bits per heavy atom. The Bertz CT molecular complexity index is 517. The third-order valence-corrected chi connectivity index (χ3v) is 5.23. The zero-order valence-corrected chi connectivity index (χ0v) is 13.1. The van der Waals surface area contributed by atoms with Gasteiger partial charge in [0.1, 0.15) is 5.82 Å². The molecule has 3 nitrogen and oxygen atoms in total. The molecule has 102 valence electrons. The molecule has 0 aliphatic carbocycles. The second-order valence-corrected chi connectivity index (χ2v) is 7.03. The summed E-state index contributed by atoms with van der Waals surface area (Å²) in [4.78, 5) is -0.00894. The summed E-state index contributed by atoms with van der Waals surface area (Å²) in [6, 6.07) is 3.71. The largest absolute Gasteiger partial charge is 0.243 e. The molecule has 1 aromatic rings. The van der Waals surface area contributed by atoms with Gasteiger partial charge in [-0.05, 0) is 54.4 Å². The average molecular weight is 338 g/mol. The van der Waals surface area contributed by atoms with Crippen molar-refractivity contribution in [3.63, 3.8) is 0 Å². The van der Waals surface area contributed by atoms with Gasteiger partial charge in [0.25, 0.3) is 0 Å². The topological polar surface area (TPSA) is 37.4 Å². The van der Waals surface area contributed by atoms with E-state index in [-0.39, 0.29) is 15.4 Å². The van der Waals surface area contributed by atoms with Gasteiger partial charge in [0, 0.05) is 12.6 Å². The van der Waals surface area contributed by atoms with Crippen molar-refractivity contribution in [2.75, 3.05) is 6.54 Å². The minimum Gasteiger partial charge on any atom is -0.207 e. The summed E-state index contributed by atoms with van der Waals surface area (Å²) in [6.07, 6.45) is 0.719. The molecule has 0 spiro atoms. The van der Waals surface area contributed by atoms with Crippen LogP contribution in [0.4, 0.5) is 4.39 Å². The van der Waals surface area contributed by atoms with Gasteiger partial charge in [0.15, 0.2) is 0 Å². The first-order valence-electron chi connectivity index (χ1n) is 5.77. The second-order valence-electron chi connectivity index (χ2n) is 4.29. The fourth-order valence-corrected chi connectivity index (χ4v) is 3.64. The van der Waals surface area contributed by atoms with Crippen LogP contribution < -0.4 is 0 Å². The molecule has 0 saturated heterocycles. The van der Waals surface area contributed by atoms with Crippen LogP contribution in [0.2, 0.25) is 0 Å². The van der Waals surface area contributed by atoms with Gasteiger partial charge >= 0.3 is 0 Å². The number of hydrogen-bond donors (Lipinski definition) is 0. The van der Waals surface area contributed by atoms with Gasteiger partial charge in [-0.15, -0.1) is 0 Å². The predicted octanol–water partition coefficient (Wildman–Crippen LogP) is 3.40. The second kappa shape index (κ2) is 6.12. The monoisotopic (exact) mass is 337 g/mol. The first-order valence-corrected chi connectivity index (χ1v) is 8.01. The summed E-state index contributed by atoms with van der Waals surface area (Å²) < 4.78 is 39.8. The van der Waals surface area contributed by atoms with Crippen molar-refractivity contribution >= 4 is 26.0 Å². The zero-order valence-electron chi connectivity index (χ0n) is 10.7. The third kappa shape index (κ3) is 3.30. The summed E-state index contributed by atoms with van der Waals surface area (Å²) in [5.41, 5.74) is 0. The number of nitrogens with zero attached hydrogens (tertiary/aromatic N) is 1. The molecule has 0 bridgehead atoms. The maximum atomic E-state index is 13.4. The maximum Gasteiger partial charge on any atom is 0.243 e. The molecular formula is C12H17BrFNO2S. The highest BCUT2D eigenvalue weighted by Crippen LogP contribution is 2.23. The van der Waals surface area contributed by atoms with Crippen molar-refractivity contribution in [3.05, 3.63) is 28.5 Å². The lowest BCUT2D eigenvalue weighted by Crippen LogP contribution is -2.37. The molecular weight excluding hydrogens is 321 g/mol. The first kappa shape index (κ1) is 15.6. The van der Waals surface area contributed by atoms with E-state index in [0.717, 1.165) is 12.5 Å². The molecule has 0 unspecified atom stereocenters. The van der Waals surface area contributed by atoms with Crippen LogP contribution in [0.25, 0.3) is 0 Å². The van der Waals surface area contributed by atoms with Gasteiger partial charge in [0.05, 0.1) is 9.37 Å². The molecule has 0 atom stereocenters. The van der Waals surface area contributed by atoms with E-state index in [1.165, 1.54) is 16.4 Å². The Hall–Kier alpha value is -0.460. The van der Waals surface area contributed by atoms with Crippen LogP contribution in [0, 0.1) is 5.82 Å². The molecule has 0 aromatic heterocycles. The van der Waals surface area contributed by atoms with Crippen molar-refractivity contribution in [2.24, 2.45) is 0 Å². The van der Waals surface area contributed by atoms with E-state index in [2.05, 4.69) is 15.9 Å². The summed E-state index contributed by atoms with van der Waals surface area (Å²) in [5, 5.41) is 0. The Kier molecular flexibility index (Phi) is 5.31. The van der Waals surface area contributed by atoms with E-state index in [9.17, 15) is 12.8 Å². The van der Waals surface area contributed by atoms with Crippen LogP contribution in [0.3, 0.4) is 0 Å². The third-order valence-electron chi connectivity index (χ3n) is 2.52.